The van der Waals surface area contributed by atoms with Crippen molar-refractivity contribution in [1.82, 2.24) is 0 Å². The molecule has 0 fully saturated rings. The molecule has 0 unspecified atom stereocenters. The van der Waals surface area contributed by atoms with Crippen molar-refractivity contribution >= 4 is 0 Å². The van der Waals surface area contributed by atoms with Crippen LogP contribution in [0.2, 0.25) is 0 Å². The third kappa shape index (κ3) is 2.43. The van der Waals surface area contributed by atoms with Crippen LogP contribution in [0.3, 0.4) is 0 Å². The number of hydrogen-bond acceptors (Lipinski definition) is 0. The molecule has 0 spiro atoms. The Labute approximate surface area is 133 Å². The molecule has 0 heteroatoms. The SMILES string of the molecule is C1=CCC(CCCCC2c3ccccc3-c3ccccc32)=C1. The van der Waals surface area contributed by atoms with E-state index in [0.29, 0.717) is 5.92 Å². The van der Waals surface area contributed by atoms with Crippen LogP contribution >= 0.6 is 0 Å². The van der Waals surface area contributed by atoms with Crippen molar-refractivity contribution < 1.29 is 0 Å². The first kappa shape index (κ1) is 13.6. The maximum absolute atomic E-state index is 2.32. The Morgan fingerprint density at radius 2 is 1.50 bits per heavy atom. The summed E-state index contributed by atoms with van der Waals surface area (Å²) in [6.45, 7) is 0. The Kier molecular flexibility index (Phi) is 3.68. The van der Waals surface area contributed by atoms with E-state index in [1.165, 1.54) is 54.4 Å². The number of unbranched alkanes of at least 4 members (excludes halogenated alkanes) is 1. The molecule has 0 saturated carbocycles. The lowest BCUT2D eigenvalue weighted by atomic mass is 9.91. The standard InChI is InChI=1S/C22H22/c1-2-10-17(9-1)11-3-4-12-18-19-13-5-7-15-21(19)22-16-8-6-14-20(18)22/h1-2,5-9,13-16,18H,3-4,10-12H2. The molecule has 22 heavy (non-hydrogen) atoms. The molecule has 110 valence electrons. The molecule has 0 saturated heterocycles. The van der Waals surface area contributed by atoms with Crippen LogP contribution < -0.4 is 0 Å². The van der Waals surface area contributed by atoms with E-state index in [2.05, 4.69) is 66.8 Å². The molecule has 0 radical (unpaired) electrons. The average molecular weight is 286 g/mol. The molecule has 2 aromatic carbocycles. The third-order valence-corrected chi connectivity index (χ3v) is 5.05. The average Bonchev–Trinajstić information content (AvgIpc) is 3.18. The minimum absolute atomic E-state index is 0.600. The highest BCUT2D eigenvalue weighted by Gasteiger charge is 2.27. The van der Waals surface area contributed by atoms with Gasteiger partial charge in [0.15, 0.2) is 0 Å². The van der Waals surface area contributed by atoms with Crippen molar-refractivity contribution in [3.8, 4) is 11.1 Å². The van der Waals surface area contributed by atoms with E-state index >= 15 is 0 Å². The molecule has 0 amide bonds. The predicted octanol–water partition coefficient (Wildman–Crippen LogP) is 6.25. The molecule has 2 aliphatic carbocycles. The van der Waals surface area contributed by atoms with Crippen molar-refractivity contribution in [1.29, 1.82) is 0 Å². The summed E-state index contributed by atoms with van der Waals surface area (Å²) in [5, 5.41) is 0. The van der Waals surface area contributed by atoms with Crippen molar-refractivity contribution in [2.75, 3.05) is 0 Å². The van der Waals surface area contributed by atoms with E-state index in [4.69, 9.17) is 0 Å². The summed E-state index contributed by atoms with van der Waals surface area (Å²) in [5.74, 6) is 0.600. The van der Waals surface area contributed by atoms with Gasteiger partial charge in [-0.1, -0.05) is 78.8 Å². The molecule has 0 aromatic heterocycles. The maximum atomic E-state index is 2.32. The molecule has 0 atom stereocenters. The number of rotatable bonds is 5. The molecule has 0 N–H and O–H groups in total. The fourth-order valence-corrected chi connectivity index (χ4v) is 3.95. The summed E-state index contributed by atoms with van der Waals surface area (Å²) in [5.41, 5.74) is 7.57. The van der Waals surface area contributed by atoms with Gasteiger partial charge in [0.1, 0.15) is 0 Å². The minimum Gasteiger partial charge on any atom is -0.0805 e. The summed E-state index contributed by atoms with van der Waals surface area (Å²) < 4.78 is 0. The van der Waals surface area contributed by atoms with E-state index in [-0.39, 0.29) is 0 Å². The second-order valence-electron chi connectivity index (χ2n) is 6.43. The van der Waals surface area contributed by atoms with Gasteiger partial charge in [-0.05, 0) is 47.9 Å². The Balaban J connectivity index is 1.47. The van der Waals surface area contributed by atoms with Gasteiger partial charge >= 0.3 is 0 Å². The Morgan fingerprint density at radius 1 is 0.818 bits per heavy atom. The summed E-state index contributed by atoms with van der Waals surface area (Å²) >= 11 is 0. The first-order valence-corrected chi connectivity index (χ1v) is 8.46. The van der Waals surface area contributed by atoms with Crippen molar-refractivity contribution in [2.24, 2.45) is 0 Å². The second-order valence-corrected chi connectivity index (χ2v) is 6.43. The van der Waals surface area contributed by atoms with Gasteiger partial charge in [-0.2, -0.15) is 0 Å². The fourth-order valence-electron chi connectivity index (χ4n) is 3.95. The van der Waals surface area contributed by atoms with E-state index in [0.717, 1.165) is 0 Å². The molecule has 0 bridgehead atoms. The predicted molar refractivity (Wildman–Crippen MR) is 94.0 cm³/mol. The topological polar surface area (TPSA) is 0 Å². The van der Waals surface area contributed by atoms with Crippen molar-refractivity contribution in [3.63, 3.8) is 0 Å². The number of benzene rings is 2. The van der Waals surface area contributed by atoms with E-state index in [9.17, 15) is 0 Å². The summed E-state index contributed by atoms with van der Waals surface area (Å²) in [6, 6.07) is 17.9. The van der Waals surface area contributed by atoms with Gasteiger partial charge in [0.2, 0.25) is 0 Å². The quantitative estimate of drug-likeness (QED) is 0.570. The summed E-state index contributed by atoms with van der Waals surface area (Å²) in [6.07, 6.45) is 13.1. The van der Waals surface area contributed by atoms with Crippen LogP contribution in [-0.4, -0.2) is 0 Å². The van der Waals surface area contributed by atoms with Gasteiger partial charge < -0.3 is 0 Å². The number of hydrogen-bond donors (Lipinski definition) is 0. The lowest BCUT2D eigenvalue weighted by molar-refractivity contribution is 0.629. The highest BCUT2D eigenvalue weighted by atomic mass is 14.3. The van der Waals surface area contributed by atoms with Crippen molar-refractivity contribution in [2.45, 2.75) is 38.0 Å². The fraction of sp³-hybridized carbons (Fsp3) is 0.273. The largest absolute Gasteiger partial charge is 0.0805 e. The lowest BCUT2D eigenvalue weighted by Gasteiger charge is -2.13. The summed E-state index contributed by atoms with van der Waals surface area (Å²) in [7, 11) is 0. The smallest absolute Gasteiger partial charge is 0.0102 e. The van der Waals surface area contributed by atoms with E-state index in [1.54, 1.807) is 5.57 Å². The van der Waals surface area contributed by atoms with E-state index in [1.807, 2.05) is 0 Å². The molecule has 0 nitrogen and oxygen atoms in total. The van der Waals surface area contributed by atoms with Crippen molar-refractivity contribution in [3.05, 3.63) is 83.5 Å². The van der Waals surface area contributed by atoms with Crippen LogP contribution in [0.25, 0.3) is 11.1 Å². The zero-order valence-electron chi connectivity index (χ0n) is 13.0. The normalized spacial score (nSPS) is 15.7. The van der Waals surface area contributed by atoms with Crippen LogP contribution in [0, 0.1) is 0 Å². The number of allylic oxidation sites excluding steroid dienone is 4. The Morgan fingerprint density at radius 3 is 2.14 bits per heavy atom. The zero-order valence-corrected chi connectivity index (χ0v) is 13.0. The molecule has 4 rings (SSSR count). The first-order chi connectivity index (χ1) is 10.9. The monoisotopic (exact) mass is 286 g/mol. The van der Waals surface area contributed by atoms with Gasteiger partial charge in [0.25, 0.3) is 0 Å². The molecule has 0 aliphatic heterocycles. The van der Waals surface area contributed by atoms with Crippen LogP contribution in [-0.2, 0) is 0 Å². The first-order valence-electron chi connectivity index (χ1n) is 8.46. The van der Waals surface area contributed by atoms with Gasteiger partial charge in [-0.25, -0.2) is 0 Å². The third-order valence-electron chi connectivity index (χ3n) is 5.05. The molecular formula is C22H22. The van der Waals surface area contributed by atoms with Crippen LogP contribution in [0.15, 0.2) is 72.3 Å². The second kappa shape index (κ2) is 5.96. The molecule has 2 aromatic rings. The molecule has 0 heterocycles. The van der Waals surface area contributed by atoms with Gasteiger partial charge in [-0.3, -0.25) is 0 Å². The highest BCUT2D eigenvalue weighted by molar-refractivity contribution is 5.78. The van der Waals surface area contributed by atoms with Gasteiger partial charge in [-0.15, -0.1) is 0 Å². The summed E-state index contributed by atoms with van der Waals surface area (Å²) in [4.78, 5) is 0. The molecular weight excluding hydrogens is 264 g/mol. The highest BCUT2D eigenvalue weighted by Crippen LogP contribution is 2.46. The number of fused-ring (bicyclic) bond motifs is 3. The van der Waals surface area contributed by atoms with Gasteiger partial charge in [0.05, 0.1) is 0 Å². The Hall–Kier alpha value is -2.08. The zero-order chi connectivity index (χ0) is 14.8. The lowest BCUT2D eigenvalue weighted by Crippen LogP contribution is -1.97. The van der Waals surface area contributed by atoms with Gasteiger partial charge in [0, 0.05) is 5.92 Å². The molecule has 2 aliphatic rings. The van der Waals surface area contributed by atoms with Crippen LogP contribution in [0.1, 0.15) is 49.1 Å². The maximum Gasteiger partial charge on any atom is 0.0102 e. The van der Waals surface area contributed by atoms with Crippen LogP contribution in [0.4, 0.5) is 0 Å². The minimum atomic E-state index is 0.600. The Bertz CT molecular complexity index is 688. The van der Waals surface area contributed by atoms with Crippen LogP contribution in [0.5, 0.6) is 0 Å². The van der Waals surface area contributed by atoms with E-state index < -0.39 is 0 Å².